The molecule has 0 aliphatic rings. The topological polar surface area (TPSA) is 0 Å². The van der Waals surface area contributed by atoms with Gasteiger partial charge in [-0.1, -0.05) is 39.1 Å². The Kier molecular flexibility index (Phi) is 14.9. The van der Waals surface area contributed by atoms with E-state index in [4.69, 9.17) is 17.0 Å². The molecule has 0 aliphatic carbocycles. The minimum atomic E-state index is -0.826. The van der Waals surface area contributed by atoms with Crippen molar-refractivity contribution in [3.8, 4) is 0 Å². The number of halogens is 2. The van der Waals surface area contributed by atoms with Gasteiger partial charge < -0.3 is 0 Å². The van der Waals surface area contributed by atoms with Crippen LogP contribution < -0.4 is 0 Å². The maximum absolute atomic E-state index is 4.93. The minimum absolute atomic E-state index is 0.374. The zero-order chi connectivity index (χ0) is 24.3. The molecular formula is C26H34Cl2S2SiZr+2. The van der Waals surface area contributed by atoms with E-state index in [1.807, 2.05) is 0 Å². The summed E-state index contributed by atoms with van der Waals surface area (Å²) in [6.45, 7) is 8.61. The Bertz CT molecular complexity index is 984. The van der Waals surface area contributed by atoms with Crippen molar-refractivity contribution in [1.82, 2.24) is 0 Å². The van der Waals surface area contributed by atoms with E-state index >= 15 is 0 Å². The molecule has 0 heterocycles. The van der Waals surface area contributed by atoms with Crippen LogP contribution in [0, 0.1) is 13.8 Å². The van der Waals surface area contributed by atoms with Crippen LogP contribution in [0.1, 0.15) is 11.1 Å². The first kappa shape index (κ1) is 30.1. The summed E-state index contributed by atoms with van der Waals surface area (Å²) in [6, 6.07) is 22.5. The van der Waals surface area contributed by atoms with Gasteiger partial charge in [0.2, 0.25) is 0 Å². The van der Waals surface area contributed by atoms with Crippen molar-refractivity contribution in [3.63, 3.8) is 0 Å². The van der Waals surface area contributed by atoms with Gasteiger partial charge in [0.05, 0.1) is 0 Å². The SMILES string of the molecule is C[Si]C.Cc1cc2cc([S+](C)C)ccc2[cH-]1.Cc1cc2cc([S+](C)C)ccc2[cH-]1.[Cl][Zr+2][Cl]. The average Bonchev–Trinajstić information content (AvgIpc) is 3.28. The third-order valence-electron chi connectivity index (χ3n) is 4.59. The zero-order valence-corrected chi connectivity index (χ0v) is 26.9. The van der Waals surface area contributed by atoms with Crippen LogP contribution in [0.2, 0.25) is 13.1 Å². The van der Waals surface area contributed by atoms with Crippen LogP contribution in [0.25, 0.3) is 21.5 Å². The predicted molar refractivity (Wildman–Crippen MR) is 153 cm³/mol. The zero-order valence-electron chi connectivity index (χ0n) is 20.3. The van der Waals surface area contributed by atoms with E-state index in [2.05, 4.69) is 113 Å². The Morgan fingerprint density at radius 1 is 0.688 bits per heavy atom. The summed E-state index contributed by atoms with van der Waals surface area (Å²) >= 11 is -0.826. The summed E-state index contributed by atoms with van der Waals surface area (Å²) in [7, 11) is 11.7. The number of benzene rings is 2. The van der Waals surface area contributed by atoms with Gasteiger partial charge in [0.25, 0.3) is 0 Å². The molecule has 2 radical (unpaired) electrons. The normalized spacial score (nSPS) is 10.1. The van der Waals surface area contributed by atoms with Crippen molar-refractivity contribution < 1.29 is 20.8 Å². The Morgan fingerprint density at radius 3 is 1.28 bits per heavy atom. The van der Waals surface area contributed by atoms with Crippen LogP contribution in [0.5, 0.6) is 0 Å². The van der Waals surface area contributed by atoms with Gasteiger partial charge in [-0.2, -0.15) is 12.1 Å². The summed E-state index contributed by atoms with van der Waals surface area (Å²) in [5.74, 6) is 0. The van der Waals surface area contributed by atoms with Crippen LogP contribution >= 0.6 is 17.0 Å². The molecule has 0 saturated carbocycles. The molecule has 0 unspecified atom stereocenters. The molecule has 0 saturated heterocycles. The molecule has 32 heavy (non-hydrogen) atoms. The van der Waals surface area contributed by atoms with Crippen molar-refractivity contribution in [1.29, 1.82) is 0 Å². The molecule has 0 atom stereocenters. The number of aryl methyl sites for hydroxylation is 2. The van der Waals surface area contributed by atoms with Gasteiger partial charge in [-0.3, -0.25) is 0 Å². The molecule has 0 aliphatic heterocycles. The fraction of sp³-hybridized carbons (Fsp3) is 0.308. The van der Waals surface area contributed by atoms with E-state index in [0.29, 0.717) is 21.8 Å². The molecule has 0 spiro atoms. The third kappa shape index (κ3) is 10.1. The average molecular weight is 601 g/mol. The van der Waals surface area contributed by atoms with Crippen molar-refractivity contribution >= 4 is 69.9 Å². The maximum atomic E-state index is 4.93. The molecule has 4 rings (SSSR count). The van der Waals surface area contributed by atoms with Gasteiger partial charge in [-0.25, -0.2) is 0 Å². The number of hydrogen-bond donors (Lipinski definition) is 0. The Morgan fingerprint density at radius 2 is 1.00 bits per heavy atom. The second-order valence-electron chi connectivity index (χ2n) is 7.85. The fourth-order valence-corrected chi connectivity index (χ4v) is 4.60. The van der Waals surface area contributed by atoms with Gasteiger partial charge in [0, 0.05) is 31.3 Å². The van der Waals surface area contributed by atoms with Crippen LogP contribution in [0.3, 0.4) is 0 Å². The van der Waals surface area contributed by atoms with Crippen LogP contribution in [-0.4, -0.2) is 34.5 Å². The molecule has 0 N–H and O–H groups in total. The Hall–Kier alpha value is 0.0400. The van der Waals surface area contributed by atoms with Gasteiger partial charge in [0.1, 0.15) is 34.8 Å². The molecule has 4 aromatic carbocycles. The standard InChI is InChI=1S/2C12H14S.C2H6Si.2ClH.Zr/c2*1-9-6-10-4-5-12(13(2)3)8-11(10)7-9;1-3-2;;;/h2*4-8H,1-3H3;1-2H3;2*1H;/q;;;;;+4/p-2. The molecule has 0 nitrogen and oxygen atoms in total. The molecule has 0 bridgehead atoms. The van der Waals surface area contributed by atoms with Gasteiger partial charge in [0.15, 0.2) is 0 Å². The fourth-order valence-electron chi connectivity index (χ4n) is 3.19. The van der Waals surface area contributed by atoms with Crippen LogP contribution in [0.15, 0.2) is 70.5 Å². The van der Waals surface area contributed by atoms with Crippen molar-refractivity contribution in [3.05, 3.63) is 71.8 Å². The van der Waals surface area contributed by atoms with Gasteiger partial charge in [-0.15, -0.1) is 56.9 Å². The van der Waals surface area contributed by atoms with Crippen molar-refractivity contribution in [2.45, 2.75) is 36.7 Å². The van der Waals surface area contributed by atoms with Gasteiger partial charge in [-0.05, 0) is 12.1 Å². The molecule has 170 valence electrons. The third-order valence-corrected chi connectivity index (χ3v) is 6.99. The first-order valence-electron chi connectivity index (χ1n) is 10.2. The second kappa shape index (κ2) is 15.8. The summed E-state index contributed by atoms with van der Waals surface area (Å²) in [4.78, 5) is 2.91. The van der Waals surface area contributed by atoms with E-state index < -0.39 is 20.8 Å². The van der Waals surface area contributed by atoms with Crippen LogP contribution in [-0.2, 0) is 42.6 Å². The molecule has 0 fully saturated rings. The van der Waals surface area contributed by atoms with E-state index in [1.165, 1.54) is 42.5 Å². The summed E-state index contributed by atoms with van der Waals surface area (Å²) in [5.41, 5.74) is 2.72. The number of fused-ring (bicyclic) bond motifs is 2. The monoisotopic (exact) mass is 598 g/mol. The molecule has 0 amide bonds. The first-order valence-corrected chi connectivity index (χ1v) is 22.6. The van der Waals surface area contributed by atoms with Crippen LogP contribution in [0.4, 0.5) is 0 Å². The number of rotatable bonds is 2. The van der Waals surface area contributed by atoms with Crippen molar-refractivity contribution in [2.24, 2.45) is 0 Å². The quantitative estimate of drug-likeness (QED) is 0.123. The predicted octanol–water partition coefficient (Wildman–Crippen LogP) is 8.37. The van der Waals surface area contributed by atoms with E-state index in [1.54, 1.807) is 0 Å². The van der Waals surface area contributed by atoms with Gasteiger partial charge >= 0.3 is 37.9 Å². The van der Waals surface area contributed by atoms with E-state index in [0.717, 1.165) is 9.52 Å². The summed E-state index contributed by atoms with van der Waals surface area (Å²) in [5, 5.41) is 5.51. The summed E-state index contributed by atoms with van der Waals surface area (Å²) in [6.07, 6.45) is 9.04. The first-order chi connectivity index (χ1) is 15.2. The Labute approximate surface area is 222 Å². The van der Waals surface area contributed by atoms with E-state index in [-0.39, 0.29) is 0 Å². The number of hydrogen-bond acceptors (Lipinski definition) is 0. The molecule has 4 aromatic rings. The van der Waals surface area contributed by atoms with Crippen molar-refractivity contribution in [2.75, 3.05) is 25.0 Å². The summed E-state index contributed by atoms with van der Waals surface area (Å²) < 4.78 is 0. The molecule has 6 heteroatoms. The molecular weight excluding hydrogens is 567 g/mol. The second-order valence-corrected chi connectivity index (χ2v) is 16.8. The molecule has 0 aromatic heterocycles. The Balaban J connectivity index is 0.000000258. The van der Waals surface area contributed by atoms with E-state index in [9.17, 15) is 0 Å².